The standard InChI is InChI=1S/C10H15N5O/c1-7-4-10(2-3-11-6-10)9(16)15(7)8-5-12-14-13-8/h5,7,11H,2-4,6H2,1H3,(H,12,13,14). The lowest BCUT2D eigenvalue weighted by Gasteiger charge is -2.20. The number of hydrogen-bond donors (Lipinski definition) is 2. The number of aromatic amines is 1. The molecule has 0 aliphatic carbocycles. The zero-order chi connectivity index (χ0) is 11.2. The lowest BCUT2D eigenvalue weighted by molar-refractivity contribution is -0.124. The van der Waals surface area contributed by atoms with Gasteiger partial charge < -0.3 is 5.32 Å². The zero-order valence-electron chi connectivity index (χ0n) is 9.23. The summed E-state index contributed by atoms with van der Waals surface area (Å²) in [5, 5.41) is 13.6. The summed E-state index contributed by atoms with van der Waals surface area (Å²) in [4.78, 5) is 14.2. The maximum atomic E-state index is 12.4. The molecule has 2 fully saturated rings. The number of H-pyrrole nitrogens is 1. The summed E-state index contributed by atoms with van der Waals surface area (Å²) in [7, 11) is 0. The molecule has 0 bridgehead atoms. The Balaban J connectivity index is 1.94. The Hall–Kier alpha value is -1.43. The van der Waals surface area contributed by atoms with E-state index >= 15 is 0 Å². The number of rotatable bonds is 1. The number of carbonyl (C=O) groups is 1. The van der Waals surface area contributed by atoms with Crippen LogP contribution in [0.4, 0.5) is 5.82 Å². The Morgan fingerprint density at radius 2 is 2.50 bits per heavy atom. The normalized spacial score (nSPS) is 34.2. The predicted octanol–water partition coefficient (Wildman–Crippen LogP) is -0.0904. The van der Waals surface area contributed by atoms with E-state index in [1.54, 1.807) is 11.1 Å². The predicted molar refractivity (Wildman–Crippen MR) is 57.9 cm³/mol. The van der Waals surface area contributed by atoms with E-state index in [0.717, 1.165) is 25.9 Å². The van der Waals surface area contributed by atoms with Gasteiger partial charge in [-0.2, -0.15) is 10.3 Å². The van der Waals surface area contributed by atoms with Crippen LogP contribution in [0.1, 0.15) is 19.8 Å². The van der Waals surface area contributed by atoms with Gasteiger partial charge in [0.25, 0.3) is 0 Å². The fraction of sp³-hybridized carbons (Fsp3) is 0.700. The van der Waals surface area contributed by atoms with E-state index in [0.29, 0.717) is 5.82 Å². The van der Waals surface area contributed by atoms with Crippen molar-refractivity contribution >= 4 is 11.7 Å². The highest BCUT2D eigenvalue weighted by molar-refractivity contribution is 6.00. The summed E-state index contributed by atoms with van der Waals surface area (Å²) in [5.41, 5.74) is -0.196. The van der Waals surface area contributed by atoms with E-state index in [-0.39, 0.29) is 17.4 Å². The fourth-order valence-electron chi connectivity index (χ4n) is 2.94. The molecule has 6 heteroatoms. The second kappa shape index (κ2) is 3.28. The van der Waals surface area contributed by atoms with E-state index in [2.05, 4.69) is 27.7 Å². The quantitative estimate of drug-likeness (QED) is 0.695. The van der Waals surface area contributed by atoms with Gasteiger partial charge in [0, 0.05) is 12.6 Å². The minimum absolute atomic E-state index is 0.193. The second-order valence-electron chi connectivity index (χ2n) is 4.76. The van der Waals surface area contributed by atoms with Crippen molar-refractivity contribution in [2.24, 2.45) is 5.41 Å². The van der Waals surface area contributed by atoms with Gasteiger partial charge in [0.1, 0.15) is 0 Å². The molecule has 1 aromatic heterocycles. The first-order valence-corrected chi connectivity index (χ1v) is 5.63. The summed E-state index contributed by atoms with van der Waals surface area (Å²) in [6.45, 7) is 3.80. The van der Waals surface area contributed by atoms with Crippen LogP contribution in [-0.2, 0) is 4.79 Å². The number of carbonyl (C=O) groups excluding carboxylic acids is 1. The molecule has 2 atom stereocenters. The Morgan fingerprint density at radius 3 is 3.12 bits per heavy atom. The summed E-state index contributed by atoms with van der Waals surface area (Å²) in [5.74, 6) is 0.833. The van der Waals surface area contributed by atoms with Gasteiger partial charge in [-0.25, -0.2) is 0 Å². The number of nitrogens with zero attached hydrogens (tertiary/aromatic N) is 3. The Kier molecular flexibility index (Phi) is 2.00. The molecule has 3 rings (SSSR count). The van der Waals surface area contributed by atoms with Gasteiger partial charge >= 0.3 is 0 Å². The maximum Gasteiger partial charge on any atom is 0.236 e. The number of nitrogens with one attached hydrogen (secondary N) is 2. The molecule has 2 aliphatic heterocycles. The molecule has 2 N–H and O–H groups in total. The van der Waals surface area contributed by atoms with Crippen molar-refractivity contribution in [3.63, 3.8) is 0 Å². The Bertz CT molecular complexity index is 395. The van der Waals surface area contributed by atoms with Crippen molar-refractivity contribution in [3.05, 3.63) is 6.20 Å². The number of hydrogen-bond acceptors (Lipinski definition) is 4. The van der Waals surface area contributed by atoms with Crippen LogP contribution in [0.5, 0.6) is 0 Å². The minimum atomic E-state index is -0.196. The van der Waals surface area contributed by atoms with Crippen molar-refractivity contribution in [1.82, 2.24) is 20.7 Å². The molecule has 2 unspecified atom stereocenters. The third-order valence-corrected chi connectivity index (χ3v) is 3.69. The third-order valence-electron chi connectivity index (χ3n) is 3.69. The van der Waals surface area contributed by atoms with Crippen LogP contribution in [0.15, 0.2) is 6.20 Å². The highest BCUT2D eigenvalue weighted by Gasteiger charge is 2.52. The van der Waals surface area contributed by atoms with Crippen LogP contribution in [-0.4, -0.2) is 40.4 Å². The van der Waals surface area contributed by atoms with Crippen molar-refractivity contribution < 1.29 is 4.79 Å². The largest absolute Gasteiger partial charge is 0.316 e. The average molecular weight is 221 g/mol. The third kappa shape index (κ3) is 1.19. The van der Waals surface area contributed by atoms with Crippen molar-refractivity contribution in [3.8, 4) is 0 Å². The van der Waals surface area contributed by atoms with Gasteiger partial charge in [0.2, 0.25) is 5.91 Å². The van der Waals surface area contributed by atoms with E-state index in [1.165, 1.54) is 0 Å². The lowest BCUT2D eigenvalue weighted by Crippen LogP contribution is -2.37. The fourth-order valence-corrected chi connectivity index (χ4v) is 2.94. The molecular weight excluding hydrogens is 206 g/mol. The number of anilines is 1. The van der Waals surface area contributed by atoms with Crippen LogP contribution in [0.3, 0.4) is 0 Å². The zero-order valence-corrected chi connectivity index (χ0v) is 9.23. The van der Waals surface area contributed by atoms with E-state index in [9.17, 15) is 4.79 Å². The van der Waals surface area contributed by atoms with Gasteiger partial charge in [-0.1, -0.05) is 0 Å². The molecule has 0 radical (unpaired) electrons. The Labute approximate surface area is 93.4 Å². The number of aromatic nitrogens is 3. The molecule has 3 heterocycles. The number of amides is 1. The second-order valence-corrected chi connectivity index (χ2v) is 4.76. The first-order chi connectivity index (χ1) is 7.73. The summed E-state index contributed by atoms with van der Waals surface area (Å²) in [6, 6.07) is 0.206. The molecule has 2 saturated heterocycles. The topological polar surface area (TPSA) is 73.9 Å². The van der Waals surface area contributed by atoms with Crippen LogP contribution < -0.4 is 10.2 Å². The molecule has 16 heavy (non-hydrogen) atoms. The molecule has 0 saturated carbocycles. The molecule has 1 aromatic rings. The van der Waals surface area contributed by atoms with Gasteiger partial charge in [0.05, 0.1) is 11.6 Å². The summed E-state index contributed by atoms with van der Waals surface area (Å²) in [6.07, 6.45) is 3.45. The van der Waals surface area contributed by atoms with Crippen LogP contribution in [0, 0.1) is 5.41 Å². The molecule has 6 nitrogen and oxygen atoms in total. The minimum Gasteiger partial charge on any atom is -0.316 e. The van der Waals surface area contributed by atoms with Crippen molar-refractivity contribution in [1.29, 1.82) is 0 Å². The average Bonchev–Trinajstić information content (AvgIpc) is 2.92. The molecule has 86 valence electrons. The van der Waals surface area contributed by atoms with Crippen molar-refractivity contribution in [2.75, 3.05) is 18.0 Å². The maximum absolute atomic E-state index is 12.4. The monoisotopic (exact) mass is 221 g/mol. The van der Waals surface area contributed by atoms with Gasteiger partial charge in [-0.3, -0.25) is 9.69 Å². The highest BCUT2D eigenvalue weighted by Crippen LogP contribution is 2.42. The molecule has 2 aliphatic rings. The van der Waals surface area contributed by atoms with Crippen LogP contribution in [0.2, 0.25) is 0 Å². The smallest absolute Gasteiger partial charge is 0.236 e. The van der Waals surface area contributed by atoms with Crippen LogP contribution in [0.25, 0.3) is 0 Å². The SMILES string of the molecule is CC1CC2(CCNC2)C(=O)N1c1cn[nH]n1. The van der Waals surface area contributed by atoms with Gasteiger partial charge in [0.15, 0.2) is 5.82 Å². The van der Waals surface area contributed by atoms with Gasteiger partial charge in [-0.05, 0) is 26.3 Å². The summed E-state index contributed by atoms with van der Waals surface area (Å²) < 4.78 is 0. The van der Waals surface area contributed by atoms with E-state index < -0.39 is 0 Å². The summed E-state index contributed by atoms with van der Waals surface area (Å²) >= 11 is 0. The van der Waals surface area contributed by atoms with Gasteiger partial charge in [-0.15, -0.1) is 5.10 Å². The first kappa shape index (κ1) is 9.77. The van der Waals surface area contributed by atoms with Crippen molar-refractivity contribution in [2.45, 2.75) is 25.8 Å². The molecule has 1 amide bonds. The molecule has 1 spiro atoms. The first-order valence-electron chi connectivity index (χ1n) is 5.63. The van der Waals surface area contributed by atoms with Crippen LogP contribution >= 0.6 is 0 Å². The molecular formula is C10H15N5O. The Morgan fingerprint density at radius 1 is 1.62 bits per heavy atom. The van der Waals surface area contributed by atoms with E-state index in [4.69, 9.17) is 0 Å². The molecule has 0 aromatic carbocycles. The highest BCUT2D eigenvalue weighted by atomic mass is 16.2. The lowest BCUT2D eigenvalue weighted by atomic mass is 9.84. The van der Waals surface area contributed by atoms with E-state index in [1.807, 2.05) is 0 Å².